The molecule has 0 amide bonds. The van der Waals surface area contributed by atoms with E-state index in [1.165, 1.54) is 5.56 Å². The van der Waals surface area contributed by atoms with E-state index in [0.717, 1.165) is 23.5 Å². The molecule has 0 aliphatic rings. The van der Waals surface area contributed by atoms with Gasteiger partial charge in [-0.3, -0.25) is 0 Å². The maximum Gasteiger partial charge on any atom is 0.126 e. The maximum atomic E-state index is 5.14. The van der Waals surface area contributed by atoms with E-state index in [2.05, 4.69) is 30.6 Å². The van der Waals surface area contributed by atoms with Gasteiger partial charge < -0.3 is 15.0 Å². The van der Waals surface area contributed by atoms with Gasteiger partial charge in [-0.25, -0.2) is 4.98 Å². The molecular weight excluding hydrogens is 250 g/mol. The van der Waals surface area contributed by atoms with Crippen LogP contribution in [0.1, 0.15) is 25.1 Å². The molecule has 0 fully saturated rings. The van der Waals surface area contributed by atoms with Crippen LogP contribution in [0.3, 0.4) is 0 Å². The summed E-state index contributed by atoms with van der Waals surface area (Å²) in [6.07, 6.45) is 7.12. The Kier molecular flexibility index (Phi) is 6.81. The van der Waals surface area contributed by atoms with Crippen molar-refractivity contribution in [2.75, 3.05) is 33.3 Å². The van der Waals surface area contributed by atoms with Gasteiger partial charge >= 0.3 is 0 Å². The molecule has 0 atom stereocenters. The lowest BCUT2D eigenvalue weighted by Gasteiger charge is -2.16. The fourth-order valence-corrected chi connectivity index (χ4v) is 2.00. The number of hydrogen-bond donors (Lipinski definition) is 1. The van der Waals surface area contributed by atoms with Crippen LogP contribution in [0.4, 0.5) is 5.82 Å². The normalized spacial score (nSPS) is 11.9. The molecule has 110 valence electrons. The van der Waals surface area contributed by atoms with Crippen molar-refractivity contribution in [1.29, 1.82) is 0 Å². The Morgan fingerprint density at radius 1 is 1.45 bits per heavy atom. The molecule has 4 nitrogen and oxygen atoms in total. The highest BCUT2D eigenvalue weighted by Crippen LogP contribution is 2.22. The van der Waals surface area contributed by atoms with Crippen LogP contribution in [0.2, 0.25) is 0 Å². The first kappa shape index (κ1) is 16.2. The number of methoxy groups -OCH3 is 1. The van der Waals surface area contributed by atoms with Gasteiger partial charge in [0.15, 0.2) is 0 Å². The number of anilines is 1. The van der Waals surface area contributed by atoms with Crippen LogP contribution in [-0.2, 0) is 11.2 Å². The Bertz CT molecular complexity index is 481. The molecule has 20 heavy (non-hydrogen) atoms. The molecule has 0 unspecified atom stereocenters. The second kappa shape index (κ2) is 8.38. The molecule has 0 saturated heterocycles. The molecule has 1 N–H and O–H groups in total. The van der Waals surface area contributed by atoms with Crippen molar-refractivity contribution in [2.24, 2.45) is 0 Å². The number of nitrogens with zero attached hydrogens (tertiary/aromatic N) is 2. The predicted octanol–water partition coefficient (Wildman–Crippen LogP) is 3.14. The number of hydrogen-bond acceptors (Lipinski definition) is 4. The number of rotatable bonds is 7. The second-order valence-electron chi connectivity index (χ2n) is 4.57. The summed E-state index contributed by atoms with van der Waals surface area (Å²) in [5.41, 5.74) is 3.33. The van der Waals surface area contributed by atoms with Crippen LogP contribution in [0.25, 0.3) is 5.57 Å². The Labute approximate surface area is 122 Å². The van der Waals surface area contributed by atoms with Crippen molar-refractivity contribution in [3.05, 3.63) is 41.7 Å². The minimum Gasteiger partial charge on any atom is -0.373 e. The van der Waals surface area contributed by atoms with E-state index < -0.39 is 0 Å². The van der Waals surface area contributed by atoms with Crippen LogP contribution in [0.15, 0.2) is 30.5 Å². The molecule has 1 aromatic heterocycles. The van der Waals surface area contributed by atoms with E-state index in [0.29, 0.717) is 6.73 Å². The summed E-state index contributed by atoms with van der Waals surface area (Å²) >= 11 is 0. The largest absolute Gasteiger partial charge is 0.373 e. The van der Waals surface area contributed by atoms with Crippen molar-refractivity contribution < 1.29 is 4.74 Å². The maximum absolute atomic E-state index is 5.14. The van der Waals surface area contributed by atoms with Crippen LogP contribution in [-0.4, -0.2) is 37.8 Å². The average molecular weight is 275 g/mol. The number of allylic oxidation sites excluding steroid dienone is 3. The Balaban J connectivity index is 3.25. The molecule has 1 rings (SSSR count). The van der Waals surface area contributed by atoms with Gasteiger partial charge in [-0.05, 0) is 25.0 Å². The third-order valence-electron chi connectivity index (χ3n) is 2.93. The molecule has 0 spiro atoms. The van der Waals surface area contributed by atoms with Crippen LogP contribution < -0.4 is 5.32 Å². The van der Waals surface area contributed by atoms with E-state index in [1.807, 2.05) is 38.1 Å². The summed E-state index contributed by atoms with van der Waals surface area (Å²) in [4.78, 5) is 6.70. The molecule has 1 aromatic rings. The van der Waals surface area contributed by atoms with Crippen molar-refractivity contribution >= 4 is 11.4 Å². The van der Waals surface area contributed by atoms with E-state index in [4.69, 9.17) is 9.72 Å². The van der Waals surface area contributed by atoms with E-state index in [-0.39, 0.29) is 0 Å². The first-order valence-corrected chi connectivity index (χ1v) is 6.88. The molecule has 4 heteroatoms. The summed E-state index contributed by atoms with van der Waals surface area (Å²) in [6.45, 7) is 4.71. The summed E-state index contributed by atoms with van der Waals surface area (Å²) in [6, 6.07) is 4.14. The predicted molar refractivity (Wildman–Crippen MR) is 85.6 cm³/mol. The Hall–Kier alpha value is -1.81. The minimum absolute atomic E-state index is 0.550. The summed E-state index contributed by atoms with van der Waals surface area (Å²) in [7, 11) is 5.56. The SMILES string of the molecule is C/C=C\C(=C/N(C)COC)c1nc(NC)ccc1CC. The van der Waals surface area contributed by atoms with Crippen molar-refractivity contribution in [2.45, 2.75) is 20.3 Å². The smallest absolute Gasteiger partial charge is 0.126 e. The van der Waals surface area contributed by atoms with E-state index in [1.54, 1.807) is 7.11 Å². The highest BCUT2D eigenvalue weighted by atomic mass is 16.5. The standard InChI is InChI=1S/C16H25N3O/c1-6-8-14(11-19(4)12-20-5)16-13(7-2)9-10-15(17-3)18-16/h6,8-11H,7,12H2,1-5H3,(H,17,18)/b8-6-,14-11+. The zero-order valence-corrected chi connectivity index (χ0v) is 13.1. The first-order chi connectivity index (χ1) is 9.65. The van der Waals surface area contributed by atoms with E-state index in [9.17, 15) is 0 Å². The summed E-state index contributed by atoms with van der Waals surface area (Å²) in [5.74, 6) is 0.877. The topological polar surface area (TPSA) is 37.4 Å². The molecule has 0 aromatic carbocycles. The number of aromatic nitrogens is 1. The zero-order chi connectivity index (χ0) is 15.0. The van der Waals surface area contributed by atoms with Crippen molar-refractivity contribution in [3.8, 4) is 0 Å². The molecule has 0 aliphatic heterocycles. The average Bonchev–Trinajstić information content (AvgIpc) is 2.46. The molecular formula is C16H25N3O. The van der Waals surface area contributed by atoms with Gasteiger partial charge in [0.25, 0.3) is 0 Å². The Morgan fingerprint density at radius 2 is 2.20 bits per heavy atom. The first-order valence-electron chi connectivity index (χ1n) is 6.88. The number of aryl methyl sites for hydroxylation is 1. The minimum atomic E-state index is 0.550. The van der Waals surface area contributed by atoms with Gasteiger partial charge in [0.2, 0.25) is 0 Å². The quantitative estimate of drug-likeness (QED) is 0.613. The monoisotopic (exact) mass is 275 g/mol. The van der Waals surface area contributed by atoms with Crippen LogP contribution >= 0.6 is 0 Å². The van der Waals surface area contributed by atoms with Gasteiger partial charge in [-0.15, -0.1) is 0 Å². The van der Waals surface area contributed by atoms with Gasteiger partial charge in [0, 0.05) is 33.0 Å². The number of ether oxygens (including phenoxy) is 1. The van der Waals surface area contributed by atoms with Crippen LogP contribution in [0, 0.1) is 0 Å². The van der Waals surface area contributed by atoms with Crippen LogP contribution in [0.5, 0.6) is 0 Å². The summed E-state index contributed by atoms with van der Waals surface area (Å²) in [5, 5.41) is 3.09. The Morgan fingerprint density at radius 3 is 2.75 bits per heavy atom. The lowest BCUT2D eigenvalue weighted by Crippen LogP contribution is -2.14. The van der Waals surface area contributed by atoms with Gasteiger partial charge in [-0.2, -0.15) is 0 Å². The fourth-order valence-electron chi connectivity index (χ4n) is 2.00. The van der Waals surface area contributed by atoms with Gasteiger partial charge in [0.1, 0.15) is 12.5 Å². The highest BCUT2D eigenvalue weighted by Gasteiger charge is 2.08. The third kappa shape index (κ3) is 4.38. The third-order valence-corrected chi connectivity index (χ3v) is 2.93. The molecule has 1 heterocycles. The van der Waals surface area contributed by atoms with Crippen molar-refractivity contribution in [3.63, 3.8) is 0 Å². The van der Waals surface area contributed by atoms with Gasteiger partial charge in [-0.1, -0.05) is 25.1 Å². The number of pyridine rings is 1. The van der Waals surface area contributed by atoms with Crippen molar-refractivity contribution in [1.82, 2.24) is 9.88 Å². The van der Waals surface area contributed by atoms with E-state index >= 15 is 0 Å². The second-order valence-corrected chi connectivity index (χ2v) is 4.57. The fraction of sp³-hybridized carbons (Fsp3) is 0.438. The molecule has 0 bridgehead atoms. The van der Waals surface area contributed by atoms with Gasteiger partial charge in [0.05, 0.1) is 5.69 Å². The summed E-state index contributed by atoms with van der Waals surface area (Å²) < 4.78 is 5.14. The molecule has 0 aliphatic carbocycles. The highest BCUT2D eigenvalue weighted by molar-refractivity contribution is 5.74. The molecule has 0 radical (unpaired) electrons. The lowest BCUT2D eigenvalue weighted by molar-refractivity contribution is 0.112. The molecule has 0 saturated carbocycles. The number of nitrogens with one attached hydrogen (secondary N) is 1. The zero-order valence-electron chi connectivity index (χ0n) is 13.1. The lowest BCUT2D eigenvalue weighted by atomic mass is 10.0.